The van der Waals surface area contributed by atoms with Crippen LogP contribution in [0.3, 0.4) is 0 Å². The van der Waals surface area contributed by atoms with Gasteiger partial charge in [0.2, 0.25) is 0 Å². The SMILES string of the molecule is C=CCn1cc(-c2cc(C(C)(C)C)nc(N)c2C#N)cn1. The molecule has 0 bridgehead atoms. The Morgan fingerprint density at radius 1 is 1.48 bits per heavy atom. The quantitative estimate of drug-likeness (QED) is 0.877. The monoisotopic (exact) mass is 281 g/mol. The highest BCUT2D eigenvalue weighted by atomic mass is 15.3. The van der Waals surface area contributed by atoms with Crippen molar-refractivity contribution in [2.75, 3.05) is 5.73 Å². The fraction of sp³-hybridized carbons (Fsp3) is 0.312. The van der Waals surface area contributed by atoms with Crippen molar-refractivity contribution in [2.24, 2.45) is 0 Å². The van der Waals surface area contributed by atoms with Gasteiger partial charge in [0.1, 0.15) is 17.5 Å². The number of pyridine rings is 1. The van der Waals surface area contributed by atoms with E-state index in [0.717, 1.165) is 16.8 Å². The van der Waals surface area contributed by atoms with Gasteiger partial charge in [0.05, 0.1) is 12.7 Å². The van der Waals surface area contributed by atoms with Crippen LogP contribution in [0.15, 0.2) is 31.1 Å². The summed E-state index contributed by atoms with van der Waals surface area (Å²) in [6.07, 6.45) is 5.37. The third-order valence-corrected chi connectivity index (χ3v) is 3.19. The topological polar surface area (TPSA) is 80.5 Å². The summed E-state index contributed by atoms with van der Waals surface area (Å²) in [5.74, 6) is 0.261. The van der Waals surface area contributed by atoms with Gasteiger partial charge in [-0.05, 0) is 6.07 Å². The van der Waals surface area contributed by atoms with Gasteiger partial charge < -0.3 is 5.73 Å². The van der Waals surface area contributed by atoms with Crippen LogP contribution >= 0.6 is 0 Å². The molecule has 2 N–H and O–H groups in total. The number of nitrogens with two attached hydrogens (primary N) is 1. The van der Waals surface area contributed by atoms with Gasteiger partial charge in [-0.2, -0.15) is 10.4 Å². The van der Waals surface area contributed by atoms with E-state index in [1.165, 1.54) is 0 Å². The molecule has 0 amide bonds. The van der Waals surface area contributed by atoms with Gasteiger partial charge in [-0.3, -0.25) is 4.68 Å². The van der Waals surface area contributed by atoms with Gasteiger partial charge in [-0.15, -0.1) is 6.58 Å². The first-order valence-corrected chi connectivity index (χ1v) is 6.71. The molecule has 5 heteroatoms. The summed E-state index contributed by atoms with van der Waals surface area (Å²) in [6, 6.07) is 4.06. The van der Waals surface area contributed by atoms with Crippen molar-refractivity contribution in [3.05, 3.63) is 42.4 Å². The van der Waals surface area contributed by atoms with Gasteiger partial charge in [0.15, 0.2) is 0 Å². The zero-order valence-electron chi connectivity index (χ0n) is 12.6. The normalized spacial score (nSPS) is 11.1. The van der Waals surface area contributed by atoms with Gasteiger partial charge in [-0.25, -0.2) is 4.98 Å². The molecule has 0 spiro atoms. The zero-order chi connectivity index (χ0) is 15.6. The molecule has 0 saturated heterocycles. The van der Waals surface area contributed by atoms with Crippen LogP contribution < -0.4 is 5.73 Å². The molecule has 0 atom stereocenters. The lowest BCUT2D eigenvalue weighted by atomic mass is 9.89. The van der Waals surface area contributed by atoms with Crippen LogP contribution in [0.1, 0.15) is 32.0 Å². The van der Waals surface area contributed by atoms with Gasteiger partial charge in [0.25, 0.3) is 0 Å². The molecular weight excluding hydrogens is 262 g/mol. The van der Waals surface area contributed by atoms with E-state index in [2.05, 4.69) is 43.5 Å². The van der Waals surface area contributed by atoms with Crippen LogP contribution in [-0.2, 0) is 12.0 Å². The van der Waals surface area contributed by atoms with Crippen molar-refractivity contribution in [3.8, 4) is 17.2 Å². The molecule has 0 aromatic carbocycles. The van der Waals surface area contributed by atoms with E-state index in [0.29, 0.717) is 12.1 Å². The van der Waals surface area contributed by atoms with Crippen molar-refractivity contribution < 1.29 is 0 Å². The lowest BCUT2D eigenvalue weighted by molar-refractivity contribution is 0.570. The summed E-state index contributed by atoms with van der Waals surface area (Å²) in [5.41, 5.74) is 8.68. The van der Waals surface area contributed by atoms with Gasteiger partial charge >= 0.3 is 0 Å². The minimum Gasteiger partial charge on any atom is -0.383 e. The Kier molecular flexibility index (Phi) is 3.81. The third-order valence-electron chi connectivity index (χ3n) is 3.19. The van der Waals surface area contributed by atoms with Crippen LogP contribution in [-0.4, -0.2) is 14.8 Å². The number of hydrogen-bond donors (Lipinski definition) is 1. The Bertz CT molecular complexity index is 713. The fourth-order valence-electron chi connectivity index (χ4n) is 2.03. The smallest absolute Gasteiger partial charge is 0.142 e. The summed E-state index contributed by atoms with van der Waals surface area (Å²) in [4.78, 5) is 4.36. The number of nitriles is 1. The van der Waals surface area contributed by atoms with Crippen molar-refractivity contribution >= 4 is 5.82 Å². The lowest BCUT2D eigenvalue weighted by Crippen LogP contribution is -2.15. The van der Waals surface area contributed by atoms with E-state index >= 15 is 0 Å². The standard InChI is InChI=1S/C16H19N5/c1-5-6-21-10-11(9-19-21)12-7-14(16(2,3)4)20-15(18)13(12)8-17/h5,7,9-10H,1,6H2,2-4H3,(H2,18,20). The van der Waals surface area contributed by atoms with Crippen LogP contribution in [0.25, 0.3) is 11.1 Å². The molecule has 0 saturated carbocycles. The Labute approximate surface area is 124 Å². The molecule has 2 aromatic rings. The first-order valence-electron chi connectivity index (χ1n) is 6.71. The first-order chi connectivity index (χ1) is 9.86. The van der Waals surface area contributed by atoms with E-state index in [1.54, 1.807) is 17.0 Å². The Hall–Kier alpha value is -2.61. The van der Waals surface area contributed by atoms with E-state index in [-0.39, 0.29) is 11.2 Å². The molecule has 0 unspecified atom stereocenters. The molecule has 0 aliphatic heterocycles. The van der Waals surface area contributed by atoms with E-state index < -0.39 is 0 Å². The highest BCUT2D eigenvalue weighted by molar-refractivity contribution is 5.75. The number of hydrogen-bond acceptors (Lipinski definition) is 4. The van der Waals surface area contributed by atoms with E-state index in [4.69, 9.17) is 5.73 Å². The second kappa shape index (κ2) is 5.41. The molecule has 5 nitrogen and oxygen atoms in total. The highest BCUT2D eigenvalue weighted by Gasteiger charge is 2.21. The predicted molar refractivity (Wildman–Crippen MR) is 83.5 cm³/mol. The number of allylic oxidation sites excluding steroid dienone is 1. The molecule has 0 fully saturated rings. The highest BCUT2D eigenvalue weighted by Crippen LogP contribution is 2.31. The molecule has 0 aliphatic carbocycles. The summed E-state index contributed by atoms with van der Waals surface area (Å²) in [6.45, 7) is 10.5. The lowest BCUT2D eigenvalue weighted by Gasteiger charge is -2.19. The maximum atomic E-state index is 9.35. The number of anilines is 1. The van der Waals surface area contributed by atoms with Crippen molar-refractivity contribution in [2.45, 2.75) is 32.7 Å². The fourth-order valence-corrected chi connectivity index (χ4v) is 2.03. The van der Waals surface area contributed by atoms with Gasteiger partial charge in [-0.1, -0.05) is 26.8 Å². The number of aromatic nitrogens is 3. The van der Waals surface area contributed by atoms with Gasteiger partial charge in [0, 0.05) is 28.4 Å². The predicted octanol–water partition coefficient (Wildman–Crippen LogP) is 2.88. The Balaban J connectivity index is 2.62. The molecule has 21 heavy (non-hydrogen) atoms. The molecule has 2 aromatic heterocycles. The summed E-state index contributed by atoms with van der Waals surface area (Å²) < 4.78 is 1.76. The molecular formula is C16H19N5. The largest absolute Gasteiger partial charge is 0.383 e. The van der Waals surface area contributed by atoms with Crippen LogP contribution in [0.2, 0.25) is 0 Å². The zero-order valence-corrected chi connectivity index (χ0v) is 12.6. The minimum absolute atomic E-state index is 0.145. The molecule has 2 rings (SSSR count). The average Bonchev–Trinajstić information content (AvgIpc) is 2.85. The molecule has 108 valence electrons. The van der Waals surface area contributed by atoms with Crippen molar-refractivity contribution in [1.29, 1.82) is 5.26 Å². The Morgan fingerprint density at radius 2 is 2.19 bits per heavy atom. The molecule has 2 heterocycles. The second-order valence-electron chi connectivity index (χ2n) is 5.92. The number of nitrogen functional groups attached to an aromatic ring is 1. The molecule has 0 radical (unpaired) electrons. The minimum atomic E-state index is -0.145. The van der Waals surface area contributed by atoms with Crippen LogP contribution in [0.4, 0.5) is 5.82 Å². The van der Waals surface area contributed by atoms with E-state index in [1.807, 2.05) is 12.3 Å². The number of nitrogens with zero attached hydrogens (tertiary/aromatic N) is 4. The van der Waals surface area contributed by atoms with Crippen molar-refractivity contribution in [1.82, 2.24) is 14.8 Å². The summed E-state index contributed by atoms with van der Waals surface area (Å²) in [7, 11) is 0. The third kappa shape index (κ3) is 2.95. The maximum absolute atomic E-state index is 9.35. The second-order valence-corrected chi connectivity index (χ2v) is 5.92. The van der Waals surface area contributed by atoms with Crippen LogP contribution in [0.5, 0.6) is 0 Å². The summed E-state index contributed by atoms with van der Waals surface area (Å²) in [5, 5.41) is 13.6. The first kappa shape index (κ1) is 14.8. The maximum Gasteiger partial charge on any atom is 0.142 e. The number of rotatable bonds is 3. The van der Waals surface area contributed by atoms with Crippen LogP contribution in [0, 0.1) is 11.3 Å². The summed E-state index contributed by atoms with van der Waals surface area (Å²) >= 11 is 0. The Morgan fingerprint density at radius 3 is 2.76 bits per heavy atom. The molecule has 0 aliphatic rings. The van der Waals surface area contributed by atoms with Crippen molar-refractivity contribution in [3.63, 3.8) is 0 Å². The van der Waals surface area contributed by atoms with E-state index in [9.17, 15) is 5.26 Å². The average molecular weight is 281 g/mol.